The maximum atomic E-state index is 12.3. The second kappa shape index (κ2) is 40.4. The van der Waals surface area contributed by atoms with E-state index in [9.17, 15) is 34.1 Å². The molecule has 12 heteroatoms. The first-order valence-electron chi connectivity index (χ1n) is 21.6. The Balaban J connectivity index is 4.00. The number of aliphatic carboxylic acids is 1. The molecule has 0 radical (unpaired) electrons. The molecule has 0 fully saturated rings. The Morgan fingerprint density at radius 1 is 0.569 bits per heavy atom. The summed E-state index contributed by atoms with van der Waals surface area (Å²) in [7, 11) is -4.77. The molecule has 0 bridgehead atoms. The van der Waals surface area contributed by atoms with E-state index in [0.29, 0.717) is 12.8 Å². The quantitative estimate of drug-likeness (QED) is 0.0202. The van der Waals surface area contributed by atoms with Gasteiger partial charge in [0.25, 0.3) is 0 Å². The standard InChI is InChI=1S/C46H76NO10P/c1-3-5-7-9-11-13-15-17-19-20-21-22-24-26-28-30-32-34-36-38-45(50)55-39-42(48)40-56-58(53,54)57-41-43(46(51)52)47-44(49)37-35-33-31-29-27-25-23-18-16-14-12-10-8-6-4-2/h6,8,11-14,17-19,21-23,26,28,42-43,48H,3-5,7,9-10,15-16,20,24-25,27,29-41H2,1-2H3,(H,47,49)(H,51,52)(H,53,54)/b8-6-,13-11-,14-12-,19-17-,22-21-,23-18-,28-26-. The number of amides is 1. The Morgan fingerprint density at radius 2 is 1.00 bits per heavy atom. The molecule has 0 spiro atoms. The Hall–Kier alpha value is -3.34. The predicted octanol–water partition coefficient (Wildman–Crippen LogP) is 11.1. The fraction of sp³-hybridized carbons (Fsp3) is 0.630. The van der Waals surface area contributed by atoms with Crippen LogP contribution in [0.15, 0.2) is 85.1 Å². The molecule has 0 aliphatic heterocycles. The first-order valence-corrected chi connectivity index (χ1v) is 23.1. The van der Waals surface area contributed by atoms with Gasteiger partial charge in [-0.15, -0.1) is 0 Å². The van der Waals surface area contributed by atoms with Gasteiger partial charge in [-0.2, -0.15) is 0 Å². The summed E-state index contributed by atoms with van der Waals surface area (Å²) in [5.74, 6) is -2.44. The van der Waals surface area contributed by atoms with E-state index in [1.807, 2.05) is 0 Å². The number of hydrogen-bond acceptors (Lipinski definition) is 8. The van der Waals surface area contributed by atoms with Crippen molar-refractivity contribution in [1.29, 1.82) is 0 Å². The Morgan fingerprint density at radius 3 is 1.52 bits per heavy atom. The van der Waals surface area contributed by atoms with Crippen LogP contribution in [0.2, 0.25) is 0 Å². The lowest BCUT2D eigenvalue weighted by atomic mass is 10.1. The van der Waals surface area contributed by atoms with Gasteiger partial charge in [0, 0.05) is 12.8 Å². The third-order valence-electron chi connectivity index (χ3n) is 8.67. The molecule has 0 saturated carbocycles. The fourth-order valence-corrected chi connectivity index (χ4v) is 6.08. The summed E-state index contributed by atoms with van der Waals surface area (Å²) < 4.78 is 26.8. The summed E-state index contributed by atoms with van der Waals surface area (Å²) >= 11 is 0. The molecule has 3 atom stereocenters. The van der Waals surface area contributed by atoms with Crippen LogP contribution in [0, 0.1) is 0 Å². The monoisotopic (exact) mass is 834 g/mol. The van der Waals surface area contributed by atoms with Gasteiger partial charge in [-0.1, -0.05) is 137 Å². The molecule has 0 aliphatic rings. The molecule has 3 unspecified atom stereocenters. The zero-order valence-electron chi connectivity index (χ0n) is 35.6. The van der Waals surface area contributed by atoms with Gasteiger partial charge >= 0.3 is 19.8 Å². The van der Waals surface area contributed by atoms with E-state index in [1.54, 1.807) is 0 Å². The maximum absolute atomic E-state index is 12.3. The number of esters is 1. The van der Waals surface area contributed by atoms with Crippen molar-refractivity contribution in [3.05, 3.63) is 85.1 Å². The smallest absolute Gasteiger partial charge is 0.472 e. The summed E-state index contributed by atoms with van der Waals surface area (Å²) in [4.78, 5) is 45.9. The zero-order chi connectivity index (χ0) is 42.8. The van der Waals surface area contributed by atoms with E-state index >= 15 is 0 Å². The van der Waals surface area contributed by atoms with E-state index in [1.165, 1.54) is 25.7 Å². The molecule has 330 valence electrons. The molecule has 0 aromatic carbocycles. The molecule has 4 N–H and O–H groups in total. The van der Waals surface area contributed by atoms with Crippen molar-refractivity contribution in [3.63, 3.8) is 0 Å². The highest BCUT2D eigenvalue weighted by molar-refractivity contribution is 7.47. The molecule has 0 aromatic rings. The number of phosphoric acid groups is 1. The number of aliphatic hydroxyl groups excluding tert-OH is 1. The van der Waals surface area contributed by atoms with Crippen LogP contribution in [0.4, 0.5) is 0 Å². The van der Waals surface area contributed by atoms with Crippen molar-refractivity contribution in [2.45, 2.75) is 167 Å². The minimum Gasteiger partial charge on any atom is -0.480 e. The number of nitrogens with one attached hydrogen (secondary N) is 1. The highest BCUT2D eigenvalue weighted by atomic mass is 31.2. The highest BCUT2D eigenvalue weighted by Gasteiger charge is 2.28. The van der Waals surface area contributed by atoms with Crippen LogP contribution in [0.5, 0.6) is 0 Å². The van der Waals surface area contributed by atoms with Crippen molar-refractivity contribution in [2.24, 2.45) is 0 Å². The molecular formula is C46H76NO10P. The lowest BCUT2D eigenvalue weighted by Gasteiger charge is -2.18. The minimum atomic E-state index is -4.77. The number of aliphatic hydroxyl groups is 1. The zero-order valence-corrected chi connectivity index (χ0v) is 36.5. The summed E-state index contributed by atoms with van der Waals surface area (Å²) in [5.41, 5.74) is 0. The second-order valence-corrected chi connectivity index (χ2v) is 15.6. The number of allylic oxidation sites excluding steroid dienone is 14. The molecule has 11 nitrogen and oxygen atoms in total. The van der Waals surface area contributed by atoms with E-state index in [-0.39, 0.29) is 12.8 Å². The van der Waals surface area contributed by atoms with Crippen molar-refractivity contribution < 1.29 is 47.8 Å². The van der Waals surface area contributed by atoms with Gasteiger partial charge < -0.3 is 25.2 Å². The first kappa shape index (κ1) is 54.7. The summed E-state index contributed by atoms with van der Waals surface area (Å²) in [6, 6.07) is -1.56. The van der Waals surface area contributed by atoms with Crippen LogP contribution in [-0.4, -0.2) is 64.9 Å². The van der Waals surface area contributed by atoms with Gasteiger partial charge in [-0.05, 0) is 89.9 Å². The number of phosphoric ester groups is 1. The lowest BCUT2D eigenvalue weighted by molar-refractivity contribution is -0.147. The Bertz CT molecular complexity index is 1300. The minimum absolute atomic E-state index is 0.119. The van der Waals surface area contributed by atoms with Gasteiger partial charge in [-0.3, -0.25) is 18.6 Å². The topological polar surface area (TPSA) is 169 Å². The Kier molecular flexibility index (Phi) is 38.1. The van der Waals surface area contributed by atoms with E-state index in [4.69, 9.17) is 13.8 Å². The van der Waals surface area contributed by atoms with Crippen LogP contribution < -0.4 is 5.32 Å². The number of carboxylic acid groups (broad SMARTS) is 1. The number of hydrogen-bond donors (Lipinski definition) is 4. The van der Waals surface area contributed by atoms with Gasteiger partial charge in [0.1, 0.15) is 12.7 Å². The third-order valence-corrected chi connectivity index (χ3v) is 9.62. The van der Waals surface area contributed by atoms with Crippen molar-refractivity contribution in [3.8, 4) is 0 Å². The normalized spacial score (nSPS) is 14.6. The molecule has 0 rings (SSSR count). The number of carboxylic acids is 1. The summed E-state index contributed by atoms with van der Waals surface area (Å²) in [6.07, 6.45) is 48.9. The first-order chi connectivity index (χ1) is 28.1. The molecule has 1 amide bonds. The van der Waals surface area contributed by atoms with Crippen LogP contribution in [0.3, 0.4) is 0 Å². The van der Waals surface area contributed by atoms with Gasteiger partial charge in [0.15, 0.2) is 6.04 Å². The SMILES string of the molecule is CC/C=C\C/C=C\C/C=C\CCCCCCCC(=O)NC(COP(=O)(O)OCC(O)COC(=O)CCCCC/C=C\C/C=C\C/C=C\C/C=C\CCCCC)C(=O)O. The number of ether oxygens (including phenoxy) is 1. The van der Waals surface area contributed by atoms with Crippen LogP contribution in [-0.2, 0) is 32.7 Å². The van der Waals surface area contributed by atoms with E-state index in [2.05, 4.69) is 104 Å². The third kappa shape index (κ3) is 39.5. The van der Waals surface area contributed by atoms with Crippen LogP contribution in [0.25, 0.3) is 0 Å². The predicted molar refractivity (Wildman–Crippen MR) is 235 cm³/mol. The van der Waals surface area contributed by atoms with E-state index < -0.39 is 57.6 Å². The van der Waals surface area contributed by atoms with Gasteiger partial charge in [0.05, 0.1) is 13.2 Å². The van der Waals surface area contributed by atoms with Crippen molar-refractivity contribution in [1.82, 2.24) is 5.32 Å². The number of rotatable bonds is 39. The van der Waals surface area contributed by atoms with Crippen LogP contribution >= 0.6 is 7.82 Å². The second-order valence-electron chi connectivity index (χ2n) is 14.1. The largest absolute Gasteiger partial charge is 0.480 e. The fourth-order valence-electron chi connectivity index (χ4n) is 5.31. The molecule has 58 heavy (non-hydrogen) atoms. The number of carbonyl (C=O) groups excluding carboxylic acids is 2. The number of carbonyl (C=O) groups is 3. The summed E-state index contributed by atoms with van der Waals surface area (Å²) in [6.45, 7) is 2.38. The van der Waals surface area contributed by atoms with Crippen LogP contribution in [0.1, 0.15) is 155 Å². The molecule has 0 saturated heterocycles. The average molecular weight is 834 g/mol. The van der Waals surface area contributed by atoms with Crippen molar-refractivity contribution in [2.75, 3.05) is 19.8 Å². The van der Waals surface area contributed by atoms with Crippen molar-refractivity contribution >= 4 is 25.7 Å². The van der Waals surface area contributed by atoms with Gasteiger partial charge in [-0.25, -0.2) is 9.36 Å². The molecule has 0 heterocycles. The molecule has 0 aliphatic carbocycles. The Labute approximate surface area is 350 Å². The summed E-state index contributed by atoms with van der Waals surface area (Å²) in [5, 5.41) is 21.8. The highest BCUT2D eigenvalue weighted by Crippen LogP contribution is 2.43. The lowest BCUT2D eigenvalue weighted by Crippen LogP contribution is -2.43. The van der Waals surface area contributed by atoms with Gasteiger partial charge in [0.2, 0.25) is 5.91 Å². The number of unbranched alkanes of at least 4 members (excludes halogenated alkanes) is 11. The maximum Gasteiger partial charge on any atom is 0.472 e. The molecular weight excluding hydrogens is 757 g/mol. The van der Waals surface area contributed by atoms with E-state index in [0.717, 1.165) is 89.9 Å². The average Bonchev–Trinajstić information content (AvgIpc) is 3.20. The molecule has 0 aromatic heterocycles.